The minimum Gasteiger partial charge on any atom is -0.353 e. The molecule has 0 aromatic heterocycles. The van der Waals surface area contributed by atoms with Gasteiger partial charge in [0, 0.05) is 9.79 Å². The molecule has 1 heterocycles. The fraction of sp³-hybridized carbons (Fsp3) is 0.0714. The number of carbonyl (C=O) groups is 1. The average Bonchev–Trinajstić information content (AvgIpc) is 2.42. The molecule has 2 nitrogen and oxygen atoms in total. The number of hydrogen-bond acceptors (Lipinski definition) is 3. The van der Waals surface area contributed by atoms with Gasteiger partial charge in [0.2, 0.25) is 0 Å². The molecule has 0 radical (unpaired) electrons. The van der Waals surface area contributed by atoms with Crippen LogP contribution in [0.4, 0.5) is 24.5 Å². The van der Waals surface area contributed by atoms with Gasteiger partial charge >= 0.3 is 6.18 Å². The number of carbonyl (C=O) groups excluding carboxylic acids is 1. The summed E-state index contributed by atoms with van der Waals surface area (Å²) in [6, 6.07) is 9.39. The molecular formula is C14H7ClF3NOS. The Hall–Kier alpha value is -1.66. The van der Waals surface area contributed by atoms with Crippen LogP contribution in [0, 0.1) is 0 Å². The third kappa shape index (κ3) is 2.49. The molecule has 1 aliphatic heterocycles. The second-order valence-corrected chi connectivity index (χ2v) is 5.78. The Morgan fingerprint density at radius 3 is 2.48 bits per heavy atom. The van der Waals surface area contributed by atoms with E-state index in [1.807, 2.05) is 12.1 Å². The van der Waals surface area contributed by atoms with E-state index < -0.39 is 22.5 Å². The van der Waals surface area contributed by atoms with Crippen molar-refractivity contribution >= 4 is 40.0 Å². The highest BCUT2D eigenvalue weighted by Crippen LogP contribution is 2.48. The molecule has 1 aliphatic rings. The number of alkyl halides is 3. The lowest BCUT2D eigenvalue weighted by Crippen LogP contribution is -2.15. The van der Waals surface area contributed by atoms with Crippen molar-refractivity contribution in [3.63, 3.8) is 0 Å². The van der Waals surface area contributed by atoms with Gasteiger partial charge in [-0.25, -0.2) is 0 Å². The lowest BCUT2D eigenvalue weighted by atomic mass is 10.0. The molecule has 0 unspecified atom stereocenters. The van der Waals surface area contributed by atoms with Gasteiger partial charge < -0.3 is 5.32 Å². The van der Waals surface area contributed by atoms with E-state index in [0.717, 1.165) is 11.0 Å². The van der Waals surface area contributed by atoms with E-state index in [4.69, 9.17) is 11.6 Å². The Morgan fingerprint density at radius 2 is 1.81 bits per heavy atom. The molecule has 0 saturated heterocycles. The van der Waals surface area contributed by atoms with E-state index in [2.05, 4.69) is 5.32 Å². The lowest BCUT2D eigenvalue weighted by Gasteiger charge is -2.24. The monoisotopic (exact) mass is 329 g/mol. The number of anilines is 2. The van der Waals surface area contributed by atoms with Crippen molar-refractivity contribution in [2.45, 2.75) is 16.0 Å². The van der Waals surface area contributed by atoms with Crippen LogP contribution in [0.15, 0.2) is 46.2 Å². The highest BCUT2D eigenvalue weighted by Gasteiger charge is 2.37. The summed E-state index contributed by atoms with van der Waals surface area (Å²) in [5, 5.41) is 1.74. The predicted octanol–water partition coefficient (Wildman–Crippen LogP) is 5.29. The van der Waals surface area contributed by atoms with Crippen LogP contribution in [0.5, 0.6) is 0 Å². The molecule has 1 N–H and O–H groups in total. The van der Waals surface area contributed by atoms with Crippen molar-refractivity contribution in [1.82, 2.24) is 0 Å². The van der Waals surface area contributed by atoms with Crippen LogP contribution < -0.4 is 5.32 Å². The molecule has 0 saturated carbocycles. The summed E-state index contributed by atoms with van der Waals surface area (Å²) >= 11 is 6.68. The molecule has 108 valence electrons. The van der Waals surface area contributed by atoms with Crippen molar-refractivity contribution in [3.8, 4) is 0 Å². The molecule has 3 rings (SSSR count). The molecule has 0 aliphatic carbocycles. The van der Waals surface area contributed by atoms with Crippen molar-refractivity contribution in [2.24, 2.45) is 0 Å². The summed E-state index contributed by atoms with van der Waals surface area (Å²) in [7, 11) is 0. The van der Waals surface area contributed by atoms with Crippen molar-refractivity contribution in [2.75, 3.05) is 5.32 Å². The molecule has 0 amide bonds. The van der Waals surface area contributed by atoms with Crippen LogP contribution in [0.1, 0.15) is 15.9 Å². The van der Waals surface area contributed by atoms with Crippen molar-refractivity contribution in [3.05, 3.63) is 47.5 Å². The second kappa shape index (κ2) is 4.96. The van der Waals surface area contributed by atoms with Gasteiger partial charge in [0.1, 0.15) is 0 Å². The first kappa shape index (κ1) is 14.3. The standard InChI is InChI=1S/C14H7ClF3NOS/c15-13(20)11-7(14(16,17)18)5-6-10-12(11)19-8-3-1-2-4-9(8)21-10/h1-6,19H. The average molecular weight is 330 g/mol. The van der Waals surface area contributed by atoms with Crippen LogP contribution >= 0.6 is 23.4 Å². The Bertz CT molecular complexity index is 745. The fourth-order valence-electron chi connectivity index (χ4n) is 2.15. The zero-order valence-electron chi connectivity index (χ0n) is 10.3. The van der Waals surface area contributed by atoms with Gasteiger partial charge in [-0.2, -0.15) is 13.2 Å². The van der Waals surface area contributed by atoms with Gasteiger partial charge in [-0.1, -0.05) is 23.9 Å². The summed E-state index contributed by atoms with van der Waals surface area (Å²) in [5.74, 6) is 0. The Kier molecular flexibility index (Phi) is 3.37. The zero-order valence-corrected chi connectivity index (χ0v) is 11.9. The largest absolute Gasteiger partial charge is 0.417 e. The van der Waals surface area contributed by atoms with E-state index >= 15 is 0 Å². The summed E-state index contributed by atoms with van der Waals surface area (Å²) in [6.45, 7) is 0. The molecule has 0 spiro atoms. The summed E-state index contributed by atoms with van der Waals surface area (Å²) in [6.07, 6.45) is -4.64. The number of halogens is 4. The number of benzene rings is 2. The molecule has 0 bridgehead atoms. The first-order chi connectivity index (χ1) is 9.88. The zero-order chi connectivity index (χ0) is 15.2. The number of rotatable bonds is 1. The highest BCUT2D eigenvalue weighted by atomic mass is 35.5. The van der Waals surface area contributed by atoms with Gasteiger partial charge in [0.05, 0.1) is 22.5 Å². The molecule has 7 heteroatoms. The molecule has 0 fully saturated rings. The van der Waals surface area contributed by atoms with Gasteiger partial charge in [0.25, 0.3) is 5.24 Å². The maximum absolute atomic E-state index is 13.0. The van der Waals surface area contributed by atoms with E-state index in [9.17, 15) is 18.0 Å². The number of fused-ring (bicyclic) bond motifs is 2. The number of hydrogen-bond donors (Lipinski definition) is 1. The Labute approximate surface area is 127 Å². The lowest BCUT2D eigenvalue weighted by molar-refractivity contribution is -0.137. The maximum atomic E-state index is 13.0. The van der Waals surface area contributed by atoms with Gasteiger partial charge in [-0.05, 0) is 35.9 Å². The topological polar surface area (TPSA) is 29.1 Å². The molecule has 2 aromatic carbocycles. The van der Waals surface area contributed by atoms with E-state index in [-0.39, 0.29) is 5.69 Å². The Morgan fingerprint density at radius 1 is 1.10 bits per heavy atom. The summed E-state index contributed by atoms with van der Waals surface area (Å²) in [4.78, 5) is 12.9. The third-order valence-corrected chi connectivity index (χ3v) is 4.36. The smallest absolute Gasteiger partial charge is 0.353 e. The van der Waals surface area contributed by atoms with E-state index in [0.29, 0.717) is 10.6 Å². The first-order valence-electron chi connectivity index (χ1n) is 5.86. The summed E-state index contributed by atoms with van der Waals surface area (Å²) < 4.78 is 39.1. The number of nitrogens with one attached hydrogen (secondary N) is 1. The number of para-hydroxylation sites is 1. The third-order valence-electron chi connectivity index (χ3n) is 3.04. The quantitative estimate of drug-likeness (QED) is 0.615. The molecular weight excluding hydrogens is 323 g/mol. The van der Waals surface area contributed by atoms with Crippen molar-refractivity contribution < 1.29 is 18.0 Å². The minimum absolute atomic E-state index is 0.105. The first-order valence-corrected chi connectivity index (χ1v) is 7.05. The van der Waals surface area contributed by atoms with Crippen LogP contribution in [0.25, 0.3) is 0 Å². The van der Waals surface area contributed by atoms with E-state index in [1.54, 1.807) is 12.1 Å². The van der Waals surface area contributed by atoms with Crippen LogP contribution in [0.2, 0.25) is 0 Å². The van der Waals surface area contributed by atoms with Crippen LogP contribution in [0.3, 0.4) is 0 Å². The molecule has 21 heavy (non-hydrogen) atoms. The highest BCUT2D eigenvalue weighted by molar-refractivity contribution is 7.99. The van der Waals surface area contributed by atoms with Crippen LogP contribution in [-0.4, -0.2) is 5.24 Å². The van der Waals surface area contributed by atoms with Gasteiger partial charge in [-0.3, -0.25) is 4.79 Å². The maximum Gasteiger partial charge on any atom is 0.417 e. The Balaban J connectivity index is 2.21. The van der Waals surface area contributed by atoms with Crippen molar-refractivity contribution in [1.29, 1.82) is 0 Å². The molecule has 0 atom stereocenters. The SMILES string of the molecule is O=C(Cl)c1c(C(F)(F)F)ccc2c1Nc1ccccc1S2. The van der Waals surface area contributed by atoms with Crippen LogP contribution in [-0.2, 0) is 6.18 Å². The molecule has 2 aromatic rings. The predicted molar refractivity (Wildman–Crippen MR) is 75.5 cm³/mol. The second-order valence-electron chi connectivity index (χ2n) is 4.36. The summed E-state index contributed by atoms with van der Waals surface area (Å²) in [5.41, 5.74) is -0.820. The minimum atomic E-state index is -4.64. The van der Waals surface area contributed by atoms with Gasteiger partial charge in [0.15, 0.2) is 0 Å². The fourth-order valence-corrected chi connectivity index (χ4v) is 3.35. The normalized spacial score (nSPS) is 13.1. The van der Waals surface area contributed by atoms with Gasteiger partial charge in [-0.15, -0.1) is 0 Å². The van der Waals surface area contributed by atoms with E-state index in [1.165, 1.54) is 17.8 Å².